The van der Waals surface area contributed by atoms with Gasteiger partial charge in [0.05, 0.1) is 11.0 Å². The Morgan fingerprint density at radius 3 is 2.62 bits per heavy atom. The van der Waals surface area contributed by atoms with E-state index in [-0.39, 0.29) is 5.91 Å². The van der Waals surface area contributed by atoms with E-state index in [9.17, 15) is 4.79 Å². The van der Waals surface area contributed by atoms with Gasteiger partial charge in [-0.15, -0.1) is 0 Å². The van der Waals surface area contributed by atoms with Crippen LogP contribution in [0.1, 0.15) is 21.7 Å². The summed E-state index contributed by atoms with van der Waals surface area (Å²) in [6.07, 6.45) is 3.26. The number of anilines is 1. The highest BCUT2D eigenvalue weighted by atomic mass is 16.3. The van der Waals surface area contributed by atoms with Crippen molar-refractivity contribution in [1.29, 1.82) is 0 Å². The summed E-state index contributed by atoms with van der Waals surface area (Å²) < 4.78 is 5.81. The predicted octanol–water partition coefficient (Wildman–Crippen LogP) is 4.25. The molecule has 0 aliphatic heterocycles. The van der Waals surface area contributed by atoms with Crippen LogP contribution in [0.25, 0.3) is 22.0 Å². The lowest BCUT2D eigenvalue weighted by molar-refractivity contribution is 0.0998. The van der Waals surface area contributed by atoms with E-state index >= 15 is 0 Å². The van der Waals surface area contributed by atoms with Gasteiger partial charge in [-0.05, 0) is 37.6 Å². The highest BCUT2D eigenvalue weighted by Crippen LogP contribution is 2.28. The molecule has 1 N–H and O–H groups in total. The Hall–Kier alpha value is -3.21. The second kappa shape index (κ2) is 5.45. The Morgan fingerprint density at radius 1 is 1.04 bits per heavy atom. The molecule has 118 valence electrons. The molecule has 0 aliphatic carbocycles. The predicted molar refractivity (Wildman–Crippen MR) is 93.2 cm³/mol. The standard InChI is InChI=1S/C19H15N3O2/c1-11-4-3-5-14-12(2)18(24-17(11)14)19(23)22-13-6-7-15-16(10-13)21-9-8-20-15/h3-10H,1-2H3,(H,22,23). The molecule has 2 heterocycles. The van der Waals surface area contributed by atoms with Crippen LogP contribution in [0.15, 0.2) is 53.2 Å². The van der Waals surface area contributed by atoms with Gasteiger partial charge in [0.25, 0.3) is 5.91 Å². The molecule has 5 heteroatoms. The summed E-state index contributed by atoms with van der Waals surface area (Å²) in [6.45, 7) is 3.86. The molecule has 4 rings (SSSR count). The number of para-hydroxylation sites is 1. The SMILES string of the molecule is Cc1c(C(=O)Nc2ccc3nccnc3c2)oc2c(C)cccc12. The Balaban J connectivity index is 1.70. The normalized spacial score (nSPS) is 11.1. The molecular weight excluding hydrogens is 302 g/mol. The first-order valence-electron chi connectivity index (χ1n) is 7.64. The minimum absolute atomic E-state index is 0.272. The molecule has 0 atom stereocenters. The van der Waals surface area contributed by atoms with Gasteiger partial charge in [-0.2, -0.15) is 0 Å². The van der Waals surface area contributed by atoms with Gasteiger partial charge in [0.15, 0.2) is 5.76 Å². The first-order valence-corrected chi connectivity index (χ1v) is 7.64. The van der Waals surface area contributed by atoms with Crippen LogP contribution in [0.5, 0.6) is 0 Å². The molecule has 0 bridgehead atoms. The summed E-state index contributed by atoms with van der Waals surface area (Å²) in [4.78, 5) is 21.1. The van der Waals surface area contributed by atoms with Crippen molar-refractivity contribution >= 4 is 33.6 Å². The maximum Gasteiger partial charge on any atom is 0.291 e. The number of fused-ring (bicyclic) bond motifs is 2. The quantitative estimate of drug-likeness (QED) is 0.600. The van der Waals surface area contributed by atoms with E-state index in [0.29, 0.717) is 11.4 Å². The maximum absolute atomic E-state index is 12.6. The van der Waals surface area contributed by atoms with E-state index in [4.69, 9.17) is 4.42 Å². The van der Waals surface area contributed by atoms with Gasteiger partial charge >= 0.3 is 0 Å². The average Bonchev–Trinajstić information content (AvgIpc) is 2.93. The summed E-state index contributed by atoms with van der Waals surface area (Å²) in [5, 5.41) is 3.83. The number of amides is 1. The number of aryl methyl sites for hydroxylation is 2. The monoisotopic (exact) mass is 317 g/mol. The van der Waals surface area contributed by atoms with Crippen molar-refractivity contribution in [3.63, 3.8) is 0 Å². The second-order valence-corrected chi connectivity index (χ2v) is 5.72. The minimum Gasteiger partial charge on any atom is -0.450 e. The molecule has 0 fully saturated rings. The Bertz CT molecular complexity index is 1080. The maximum atomic E-state index is 12.6. The van der Waals surface area contributed by atoms with Gasteiger partial charge in [-0.25, -0.2) is 0 Å². The van der Waals surface area contributed by atoms with Crippen molar-refractivity contribution < 1.29 is 9.21 Å². The number of benzene rings is 2. The summed E-state index contributed by atoms with van der Waals surface area (Å²) >= 11 is 0. The molecule has 0 saturated heterocycles. The fourth-order valence-electron chi connectivity index (χ4n) is 2.83. The third kappa shape index (κ3) is 2.31. The molecule has 0 aliphatic rings. The number of nitrogens with zero attached hydrogens (tertiary/aromatic N) is 2. The highest BCUT2D eigenvalue weighted by Gasteiger charge is 2.18. The van der Waals surface area contributed by atoms with E-state index in [2.05, 4.69) is 15.3 Å². The molecule has 2 aromatic heterocycles. The van der Waals surface area contributed by atoms with E-state index in [1.165, 1.54) is 0 Å². The van der Waals surface area contributed by atoms with E-state index in [1.807, 2.05) is 38.1 Å². The van der Waals surface area contributed by atoms with Crippen LogP contribution in [0, 0.1) is 13.8 Å². The van der Waals surface area contributed by atoms with Crippen LogP contribution in [0.2, 0.25) is 0 Å². The Morgan fingerprint density at radius 2 is 1.83 bits per heavy atom. The summed E-state index contributed by atoms with van der Waals surface area (Å²) in [7, 11) is 0. The van der Waals surface area contributed by atoms with Crippen LogP contribution in [0.4, 0.5) is 5.69 Å². The van der Waals surface area contributed by atoms with E-state index in [0.717, 1.165) is 33.1 Å². The van der Waals surface area contributed by atoms with Crippen LogP contribution in [0.3, 0.4) is 0 Å². The average molecular weight is 317 g/mol. The zero-order valence-corrected chi connectivity index (χ0v) is 13.3. The minimum atomic E-state index is -0.272. The Labute approximate surface area is 138 Å². The zero-order chi connectivity index (χ0) is 16.7. The molecule has 1 amide bonds. The first-order chi connectivity index (χ1) is 11.6. The summed E-state index contributed by atoms with van der Waals surface area (Å²) in [5.74, 6) is 0.0601. The largest absolute Gasteiger partial charge is 0.450 e. The van der Waals surface area contributed by atoms with Crippen LogP contribution < -0.4 is 5.32 Å². The highest BCUT2D eigenvalue weighted by molar-refractivity contribution is 6.07. The van der Waals surface area contributed by atoms with E-state index < -0.39 is 0 Å². The van der Waals surface area contributed by atoms with Crippen molar-refractivity contribution in [2.75, 3.05) is 5.32 Å². The Kier molecular flexibility index (Phi) is 3.27. The van der Waals surface area contributed by atoms with Gasteiger partial charge in [0.1, 0.15) is 5.58 Å². The first kappa shape index (κ1) is 14.4. The fourth-order valence-corrected chi connectivity index (χ4v) is 2.83. The second-order valence-electron chi connectivity index (χ2n) is 5.72. The number of hydrogen-bond donors (Lipinski definition) is 1. The van der Waals surface area contributed by atoms with Crippen molar-refractivity contribution in [2.45, 2.75) is 13.8 Å². The van der Waals surface area contributed by atoms with Gasteiger partial charge in [0, 0.05) is 29.0 Å². The third-order valence-electron chi connectivity index (χ3n) is 4.09. The molecule has 0 unspecified atom stereocenters. The summed E-state index contributed by atoms with van der Waals surface area (Å²) in [6, 6.07) is 11.3. The molecule has 0 saturated carbocycles. The van der Waals surface area contributed by atoms with E-state index in [1.54, 1.807) is 24.5 Å². The van der Waals surface area contributed by atoms with Crippen molar-refractivity contribution in [3.8, 4) is 0 Å². The topological polar surface area (TPSA) is 68.0 Å². The van der Waals surface area contributed by atoms with Gasteiger partial charge < -0.3 is 9.73 Å². The van der Waals surface area contributed by atoms with Gasteiger partial charge in [-0.1, -0.05) is 18.2 Å². The van der Waals surface area contributed by atoms with Crippen molar-refractivity contribution in [1.82, 2.24) is 9.97 Å². The summed E-state index contributed by atoms with van der Waals surface area (Å²) in [5.41, 5.74) is 4.77. The van der Waals surface area contributed by atoms with Crippen LogP contribution >= 0.6 is 0 Å². The third-order valence-corrected chi connectivity index (χ3v) is 4.09. The van der Waals surface area contributed by atoms with Gasteiger partial charge in [0.2, 0.25) is 0 Å². The molecule has 0 radical (unpaired) electrons. The number of carbonyl (C=O) groups is 1. The lowest BCUT2D eigenvalue weighted by atomic mass is 10.1. The smallest absolute Gasteiger partial charge is 0.291 e. The number of rotatable bonds is 2. The lowest BCUT2D eigenvalue weighted by Crippen LogP contribution is -2.12. The number of nitrogens with one attached hydrogen (secondary N) is 1. The number of aromatic nitrogens is 2. The van der Waals surface area contributed by atoms with Crippen molar-refractivity contribution in [2.24, 2.45) is 0 Å². The molecule has 4 aromatic rings. The number of carbonyl (C=O) groups excluding carboxylic acids is 1. The zero-order valence-electron chi connectivity index (χ0n) is 13.3. The molecule has 5 nitrogen and oxygen atoms in total. The number of furan rings is 1. The van der Waals surface area contributed by atoms with Crippen molar-refractivity contribution in [3.05, 3.63) is 65.7 Å². The van der Waals surface area contributed by atoms with Crippen LogP contribution in [-0.2, 0) is 0 Å². The fraction of sp³-hybridized carbons (Fsp3) is 0.105. The molecule has 24 heavy (non-hydrogen) atoms. The molecule has 2 aromatic carbocycles. The number of hydrogen-bond acceptors (Lipinski definition) is 4. The van der Waals surface area contributed by atoms with Gasteiger partial charge in [-0.3, -0.25) is 14.8 Å². The van der Waals surface area contributed by atoms with Crippen LogP contribution in [-0.4, -0.2) is 15.9 Å². The molecule has 0 spiro atoms. The molecular formula is C19H15N3O2. The lowest BCUT2D eigenvalue weighted by Gasteiger charge is -2.05.